The normalized spacial score (nSPS) is 21.9. The van der Waals surface area contributed by atoms with Gasteiger partial charge in [-0.15, -0.1) is 4.83 Å². The van der Waals surface area contributed by atoms with E-state index in [-0.39, 0.29) is 0 Å². The van der Waals surface area contributed by atoms with E-state index in [1.165, 1.54) is 0 Å². The summed E-state index contributed by atoms with van der Waals surface area (Å²) in [6.45, 7) is 2.84. The van der Waals surface area contributed by atoms with Gasteiger partial charge in [-0.1, -0.05) is 0 Å². The Bertz CT molecular complexity index is 211. The molecule has 0 aromatic carbocycles. The van der Waals surface area contributed by atoms with E-state index in [0.29, 0.717) is 13.1 Å². The van der Waals surface area contributed by atoms with Crippen LogP contribution in [0.2, 0.25) is 0 Å². The standard InChI is InChI=1S/C4H10ClN3O2S/c5-11(9,10)7-8-3-1-6-2-4-8/h6-7H,1-4H2. The lowest BCUT2D eigenvalue weighted by Gasteiger charge is -2.25. The van der Waals surface area contributed by atoms with Crippen LogP contribution in [0.5, 0.6) is 0 Å². The number of hydrazine groups is 1. The van der Waals surface area contributed by atoms with Crippen molar-refractivity contribution < 1.29 is 8.42 Å². The van der Waals surface area contributed by atoms with Crippen LogP contribution in [0.4, 0.5) is 0 Å². The lowest BCUT2D eigenvalue weighted by atomic mass is 10.4. The Morgan fingerprint density at radius 3 is 2.36 bits per heavy atom. The molecule has 1 aliphatic heterocycles. The second kappa shape index (κ2) is 3.68. The molecule has 0 aromatic heterocycles. The molecular formula is C4H10ClN3O2S. The molecule has 11 heavy (non-hydrogen) atoms. The van der Waals surface area contributed by atoms with Gasteiger partial charge in [-0.3, -0.25) is 0 Å². The Labute approximate surface area is 70.2 Å². The summed E-state index contributed by atoms with van der Waals surface area (Å²) in [6.07, 6.45) is 0. The molecule has 0 amide bonds. The van der Waals surface area contributed by atoms with Crippen LogP contribution in [0.15, 0.2) is 0 Å². The Hall–Kier alpha value is 0.120. The highest BCUT2D eigenvalue weighted by atomic mass is 35.7. The number of halogens is 1. The zero-order valence-corrected chi connectivity index (χ0v) is 7.45. The number of nitrogens with zero attached hydrogens (tertiary/aromatic N) is 1. The lowest BCUT2D eigenvalue weighted by Crippen LogP contribution is -2.51. The maximum Gasteiger partial charge on any atom is 0.310 e. The molecule has 0 aliphatic carbocycles. The molecule has 1 aliphatic rings. The van der Waals surface area contributed by atoms with Crippen LogP contribution >= 0.6 is 10.7 Å². The molecule has 66 valence electrons. The van der Waals surface area contributed by atoms with E-state index in [1.807, 2.05) is 0 Å². The molecule has 0 atom stereocenters. The van der Waals surface area contributed by atoms with Crippen LogP contribution in [0.1, 0.15) is 0 Å². The molecule has 1 heterocycles. The number of hydrogen-bond donors (Lipinski definition) is 2. The van der Waals surface area contributed by atoms with Crippen molar-refractivity contribution in [2.75, 3.05) is 26.2 Å². The van der Waals surface area contributed by atoms with Gasteiger partial charge in [-0.05, 0) is 0 Å². The first-order valence-electron chi connectivity index (χ1n) is 3.25. The van der Waals surface area contributed by atoms with Crippen molar-refractivity contribution in [1.29, 1.82) is 0 Å². The molecule has 2 N–H and O–H groups in total. The Morgan fingerprint density at radius 2 is 1.91 bits per heavy atom. The monoisotopic (exact) mass is 199 g/mol. The second-order valence-electron chi connectivity index (χ2n) is 2.27. The van der Waals surface area contributed by atoms with Crippen molar-refractivity contribution in [3.8, 4) is 0 Å². The summed E-state index contributed by atoms with van der Waals surface area (Å²) < 4.78 is 21.0. The molecule has 1 fully saturated rings. The SMILES string of the molecule is O=S(=O)(Cl)NN1CCNCC1. The fourth-order valence-electron chi connectivity index (χ4n) is 0.910. The topological polar surface area (TPSA) is 61.4 Å². The van der Waals surface area contributed by atoms with Crippen LogP contribution in [0.25, 0.3) is 0 Å². The first kappa shape index (κ1) is 9.21. The predicted octanol–water partition coefficient (Wildman–Crippen LogP) is -1.12. The molecule has 0 bridgehead atoms. The molecule has 0 saturated carbocycles. The van der Waals surface area contributed by atoms with Crippen LogP contribution < -0.4 is 10.1 Å². The summed E-state index contributed by atoms with van der Waals surface area (Å²) in [5.74, 6) is 0. The number of hydrogen-bond acceptors (Lipinski definition) is 4. The van der Waals surface area contributed by atoms with Gasteiger partial charge in [-0.2, -0.15) is 8.42 Å². The summed E-state index contributed by atoms with van der Waals surface area (Å²) in [7, 11) is 1.36. The third kappa shape index (κ3) is 3.88. The Kier molecular flexibility index (Phi) is 3.08. The quantitative estimate of drug-likeness (QED) is 0.554. The molecule has 1 rings (SSSR count). The maximum atomic E-state index is 10.5. The van der Waals surface area contributed by atoms with Crippen LogP contribution in [-0.2, 0) is 9.24 Å². The van der Waals surface area contributed by atoms with Crippen LogP contribution in [-0.4, -0.2) is 39.6 Å². The van der Waals surface area contributed by atoms with E-state index in [0.717, 1.165) is 13.1 Å². The summed E-state index contributed by atoms with van der Waals surface area (Å²) in [5.41, 5.74) is 0. The Morgan fingerprint density at radius 1 is 1.36 bits per heavy atom. The smallest absolute Gasteiger partial charge is 0.310 e. The highest BCUT2D eigenvalue weighted by molar-refractivity contribution is 8.12. The van der Waals surface area contributed by atoms with Crippen LogP contribution in [0, 0.1) is 0 Å². The van der Waals surface area contributed by atoms with Crippen molar-refractivity contribution in [1.82, 2.24) is 15.2 Å². The second-order valence-corrected chi connectivity index (χ2v) is 4.54. The molecule has 0 spiro atoms. The van der Waals surface area contributed by atoms with Gasteiger partial charge in [0.15, 0.2) is 0 Å². The van der Waals surface area contributed by atoms with Crippen molar-refractivity contribution in [3.05, 3.63) is 0 Å². The molecule has 5 nitrogen and oxygen atoms in total. The third-order valence-electron chi connectivity index (χ3n) is 1.36. The molecule has 0 radical (unpaired) electrons. The highest BCUT2D eigenvalue weighted by Gasteiger charge is 2.14. The fraction of sp³-hybridized carbons (Fsp3) is 1.00. The minimum Gasteiger partial charge on any atom is -0.314 e. The average molecular weight is 200 g/mol. The largest absolute Gasteiger partial charge is 0.314 e. The molecule has 0 unspecified atom stereocenters. The number of piperazine rings is 1. The van der Waals surface area contributed by atoms with E-state index in [2.05, 4.69) is 10.1 Å². The maximum absolute atomic E-state index is 10.5. The van der Waals surface area contributed by atoms with E-state index in [4.69, 9.17) is 10.7 Å². The summed E-state index contributed by atoms with van der Waals surface area (Å²) in [4.78, 5) is 2.19. The summed E-state index contributed by atoms with van der Waals surface area (Å²) in [5, 5.41) is 4.65. The average Bonchev–Trinajstić information content (AvgIpc) is 1.85. The third-order valence-corrected chi connectivity index (χ3v) is 2.04. The van der Waals surface area contributed by atoms with Crippen molar-refractivity contribution in [3.63, 3.8) is 0 Å². The van der Waals surface area contributed by atoms with Gasteiger partial charge in [0.2, 0.25) is 0 Å². The van der Waals surface area contributed by atoms with Gasteiger partial charge in [0.05, 0.1) is 0 Å². The highest BCUT2D eigenvalue weighted by Crippen LogP contribution is 1.94. The molecule has 7 heteroatoms. The fourth-order valence-corrected chi connectivity index (χ4v) is 1.69. The molecule has 0 aromatic rings. The van der Waals surface area contributed by atoms with Gasteiger partial charge in [0.25, 0.3) is 0 Å². The molecular weight excluding hydrogens is 190 g/mol. The zero-order valence-electron chi connectivity index (χ0n) is 5.88. The van der Waals surface area contributed by atoms with Gasteiger partial charge >= 0.3 is 9.24 Å². The van der Waals surface area contributed by atoms with E-state index in [9.17, 15) is 8.42 Å². The first-order valence-corrected chi connectivity index (χ1v) is 5.56. The van der Waals surface area contributed by atoms with Crippen LogP contribution in [0.3, 0.4) is 0 Å². The van der Waals surface area contributed by atoms with Gasteiger partial charge in [0.1, 0.15) is 0 Å². The predicted molar refractivity (Wildman–Crippen MR) is 42.4 cm³/mol. The minimum atomic E-state index is -3.60. The van der Waals surface area contributed by atoms with Crippen molar-refractivity contribution in [2.24, 2.45) is 0 Å². The van der Waals surface area contributed by atoms with Crippen molar-refractivity contribution in [2.45, 2.75) is 0 Å². The number of rotatable bonds is 2. The van der Waals surface area contributed by atoms with E-state index < -0.39 is 9.24 Å². The van der Waals surface area contributed by atoms with Gasteiger partial charge in [-0.25, -0.2) is 5.01 Å². The Balaban J connectivity index is 2.36. The summed E-state index contributed by atoms with van der Waals surface area (Å²) in [6, 6.07) is 0. The zero-order chi connectivity index (χ0) is 8.32. The number of nitrogens with one attached hydrogen (secondary N) is 2. The van der Waals surface area contributed by atoms with E-state index >= 15 is 0 Å². The lowest BCUT2D eigenvalue weighted by molar-refractivity contribution is 0.213. The van der Waals surface area contributed by atoms with Gasteiger partial charge in [0, 0.05) is 36.9 Å². The van der Waals surface area contributed by atoms with Crippen molar-refractivity contribution >= 4 is 19.9 Å². The molecule has 1 saturated heterocycles. The minimum absolute atomic E-state index is 0.645. The van der Waals surface area contributed by atoms with E-state index in [1.54, 1.807) is 5.01 Å². The summed E-state index contributed by atoms with van der Waals surface area (Å²) >= 11 is 0. The van der Waals surface area contributed by atoms with Gasteiger partial charge < -0.3 is 5.32 Å². The first-order chi connectivity index (χ1) is 5.08.